The van der Waals surface area contributed by atoms with Crippen molar-refractivity contribution in [3.8, 4) is 0 Å². The predicted octanol–water partition coefficient (Wildman–Crippen LogP) is 2.26. The van der Waals surface area contributed by atoms with E-state index in [2.05, 4.69) is 21.2 Å². The molecule has 0 saturated carbocycles. The highest BCUT2D eigenvalue weighted by atomic mass is 79.9. The average molecular weight is 318 g/mol. The van der Waals surface area contributed by atoms with E-state index in [1.165, 1.54) is 6.07 Å². The summed E-state index contributed by atoms with van der Waals surface area (Å²) in [7, 11) is 0. The third-order valence-electron chi connectivity index (χ3n) is 2.64. The molecule has 0 radical (unpaired) electrons. The molecule has 0 bridgehead atoms. The number of halogens is 2. The molecule has 2 N–H and O–H groups in total. The van der Waals surface area contributed by atoms with Crippen molar-refractivity contribution < 1.29 is 14.3 Å². The second kappa shape index (κ2) is 6.85. The van der Waals surface area contributed by atoms with Crippen LogP contribution in [0.5, 0.6) is 0 Å². The van der Waals surface area contributed by atoms with Crippen LogP contribution in [0.2, 0.25) is 0 Å². The fourth-order valence-electron chi connectivity index (χ4n) is 1.54. The van der Waals surface area contributed by atoms with Crippen LogP contribution >= 0.6 is 15.9 Å². The van der Waals surface area contributed by atoms with E-state index in [1.807, 2.05) is 0 Å². The second-order valence-corrected chi connectivity index (χ2v) is 5.30. The molecule has 2 atom stereocenters. The molecule has 0 aliphatic heterocycles. The van der Waals surface area contributed by atoms with E-state index < -0.39 is 0 Å². The molecule has 1 rings (SSSR count). The lowest BCUT2D eigenvalue weighted by Gasteiger charge is -2.16. The standard InChI is InChI=1S/C13H17BrFNO2/c1-8(13(18)16-9(2)7-17)5-10-3-4-12(15)11(14)6-10/h3-4,6,8-9,17H,5,7H2,1-2H3,(H,16,18). The highest BCUT2D eigenvalue weighted by Gasteiger charge is 2.15. The van der Waals surface area contributed by atoms with Gasteiger partial charge in [-0.3, -0.25) is 4.79 Å². The van der Waals surface area contributed by atoms with Crippen LogP contribution in [0, 0.1) is 11.7 Å². The molecule has 5 heteroatoms. The van der Waals surface area contributed by atoms with Gasteiger partial charge in [-0.05, 0) is 47.0 Å². The van der Waals surface area contributed by atoms with Crippen molar-refractivity contribution in [1.29, 1.82) is 0 Å². The number of aliphatic hydroxyl groups is 1. The first-order valence-electron chi connectivity index (χ1n) is 5.79. The van der Waals surface area contributed by atoms with Crippen LogP contribution in [0.1, 0.15) is 19.4 Å². The Hall–Kier alpha value is -0.940. The second-order valence-electron chi connectivity index (χ2n) is 4.45. The van der Waals surface area contributed by atoms with Crippen LogP contribution in [0.3, 0.4) is 0 Å². The quantitative estimate of drug-likeness (QED) is 0.875. The van der Waals surface area contributed by atoms with Crippen molar-refractivity contribution in [2.75, 3.05) is 6.61 Å². The van der Waals surface area contributed by atoms with Gasteiger partial charge in [0, 0.05) is 12.0 Å². The van der Waals surface area contributed by atoms with Gasteiger partial charge in [0.1, 0.15) is 5.82 Å². The van der Waals surface area contributed by atoms with Gasteiger partial charge in [0.05, 0.1) is 11.1 Å². The van der Waals surface area contributed by atoms with E-state index in [0.29, 0.717) is 10.9 Å². The van der Waals surface area contributed by atoms with E-state index in [1.54, 1.807) is 26.0 Å². The Morgan fingerprint density at radius 2 is 2.17 bits per heavy atom. The van der Waals surface area contributed by atoms with Crippen molar-refractivity contribution in [2.45, 2.75) is 26.3 Å². The van der Waals surface area contributed by atoms with Crippen LogP contribution in [-0.4, -0.2) is 23.7 Å². The summed E-state index contributed by atoms with van der Waals surface area (Å²) in [5, 5.41) is 11.6. The summed E-state index contributed by atoms with van der Waals surface area (Å²) in [6.45, 7) is 3.45. The maximum atomic E-state index is 13.1. The summed E-state index contributed by atoms with van der Waals surface area (Å²) in [5.41, 5.74) is 0.891. The number of benzene rings is 1. The molecule has 2 unspecified atom stereocenters. The van der Waals surface area contributed by atoms with E-state index in [0.717, 1.165) is 5.56 Å². The van der Waals surface area contributed by atoms with Crippen molar-refractivity contribution in [2.24, 2.45) is 5.92 Å². The molecule has 18 heavy (non-hydrogen) atoms. The molecule has 0 aliphatic rings. The van der Waals surface area contributed by atoms with Gasteiger partial charge < -0.3 is 10.4 Å². The third-order valence-corrected chi connectivity index (χ3v) is 3.24. The van der Waals surface area contributed by atoms with Gasteiger partial charge in [0.2, 0.25) is 5.91 Å². The predicted molar refractivity (Wildman–Crippen MR) is 71.7 cm³/mol. The summed E-state index contributed by atoms with van der Waals surface area (Å²) >= 11 is 3.12. The molecular formula is C13H17BrFNO2. The summed E-state index contributed by atoms with van der Waals surface area (Å²) in [6, 6.07) is 4.47. The molecule has 0 spiro atoms. The maximum absolute atomic E-state index is 13.1. The Morgan fingerprint density at radius 1 is 1.50 bits per heavy atom. The Morgan fingerprint density at radius 3 is 2.72 bits per heavy atom. The first kappa shape index (κ1) is 15.1. The fourth-order valence-corrected chi connectivity index (χ4v) is 1.97. The number of rotatable bonds is 5. The molecule has 0 fully saturated rings. The smallest absolute Gasteiger partial charge is 0.223 e. The molecule has 3 nitrogen and oxygen atoms in total. The van der Waals surface area contributed by atoms with Gasteiger partial charge in [-0.2, -0.15) is 0 Å². The van der Waals surface area contributed by atoms with Crippen molar-refractivity contribution in [3.63, 3.8) is 0 Å². The summed E-state index contributed by atoms with van der Waals surface area (Å²) in [6.07, 6.45) is 0.531. The molecule has 1 aromatic carbocycles. The van der Waals surface area contributed by atoms with Crippen LogP contribution in [0.4, 0.5) is 4.39 Å². The highest BCUT2D eigenvalue weighted by molar-refractivity contribution is 9.10. The Bertz CT molecular complexity index is 425. The van der Waals surface area contributed by atoms with E-state index >= 15 is 0 Å². The number of carbonyl (C=O) groups excluding carboxylic acids is 1. The first-order chi connectivity index (χ1) is 8.43. The highest BCUT2D eigenvalue weighted by Crippen LogP contribution is 2.19. The lowest BCUT2D eigenvalue weighted by atomic mass is 10.00. The van der Waals surface area contributed by atoms with Crippen molar-refractivity contribution >= 4 is 21.8 Å². The normalized spacial score (nSPS) is 14.1. The van der Waals surface area contributed by atoms with Crippen LogP contribution < -0.4 is 5.32 Å². The summed E-state index contributed by atoms with van der Waals surface area (Å²) in [5.74, 6) is -0.655. The zero-order valence-corrected chi connectivity index (χ0v) is 12.0. The van der Waals surface area contributed by atoms with Crippen LogP contribution in [0.15, 0.2) is 22.7 Å². The van der Waals surface area contributed by atoms with Gasteiger partial charge in [-0.15, -0.1) is 0 Å². The number of amides is 1. The lowest BCUT2D eigenvalue weighted by Crippen LogP contribution is -2.38. The molecule has 1 aromatic rings. The Balaban J connectivity index is 2.60. The number of hydrogen-bond donors (Lipinski definition) is 2. The SMILES string of the molecule is CC(CO)NC(=O)C(C)Cc1ccc(F)c(Br)c1. The molecule has 0 heterocycles. The molecule has 0 saturated heterocycles. The minimum absolute atomic E-state index is 0.0828. The number of nitrogens with one attached hydrogen (secondary N) is 1. The average Bonchev–Trinajstić information content (AvgIpc) is 2.33. The van der Waals surface area contributed by atoms with E-state index in [-0.39, 0.29) is 30.3 Å². The van der Waals surface area contributed by atoms with Gasteiger partial charge >= 0.3 is 0 Å². The lowest BCUT2D eigenvalue weighted by molar-refractivity contribution is -0.125. The van der Waals surface area contributed by atoms with Crippen LogP contribution in [0.25, 0.3) is 0 Å². The molecule has 1 amide bonds. The molecule has 0 aromatic heterocycles. The number of hydrogen-bond acceptors (Lipinski definition) is 2. The van der Waals surface area contributed by atoms with Crippen molar-refractivity contribution in [3.05, 3.63) is 34.1 Å². The maximum Gasteiger partial charge on any atom is 0.223 e. The van der Waals surface area contributed by atoms with Crippen molar-refractivity contribution in [1.82, 2.24) is 5.32 Å². The van der Waals surface area contributed by atoms with Gasteiger partial charge in [-0.1, -0.05) is 13.0 Å². The van der Waals surface area contributed by atoms with Gasteiger partial charge in [0.25, 0.3) is 0 Å². The molecular weight excluding hydrogens is 301 g/mol. The summed E-state index contributed by atoms with van der Waals surface area (Å²) in [4.78, 5) is 11.8. The monoisotopic (exact) mass is 317 g/mol. The zero-order chi connectivity index (χ0) is 13.7. The van der Waals surface area contributed by atoms with Gasteiger partial charge in [0.15, 0.2) is 0 Å². The summed E-state index contributed by atoms with van der Waals surface area (Å²) < 4.78 is 13.5. The Kier molecular flexibility index (Phi) is 5.75. The largest absolute Gasteiger partial charge is 0.394 e. The fraction of sp³-hybridized carbons (Fsp3) is 0.462. The van der Waals surface area contributed by atoms with E-state index in [4.69, 9.17) is 5.11 Å². The minimum Gasteiger partial charge on any atom is -0.394 e. The topological polar surface area (TPSA) is 49.3 Å². The van der Waals surface area contributed by atoms with Crippen LogP contribution in [-0.2, 0) is 11.2 Å². The number of aliphatic hydroxyl groups excluding tert-OH is 1. The Labute approximate surface area is 115 Å². The molecule has 100 valence electrons. The third kappa shape index (κ3) is 4.38. The van der Waals surface area contributed by atoms with Gasteiger partial charge in [-0.25, -0.2) is 4.39 Å². The zero-order valence-electron chi connectivity index (χ0n) is 10.4. The number of carbonyl (C=O) groups is 1. The first-order valence-corrected chi connectivity index (χ1v) is 6.58. The molecule has 0 aliphatic carbocycles. The minimum atomic E-state index is -0.315. The van der Waals surface area contributed by atoms with E-state index in [9.17, 15) is 9.18 Å².